The number of aliphatic hydroxyl groups excluding tert-OH is 1. The zero-order valence-electron chi connectivity index (χ0n) is 8.44. The molecule has 1 atom stereocenters. The third-order valence-electron chi connectivity index (χ3n) is 2.14. The maximum absolute atomic E-state index is 8.84. The number of hydrogen-bond acceptors (Lipinski definition) is 2. The summed E-state index contributed by atoms with van der Waals surface area (Å²) in [5, 5.41) is 8.84. The summed E-state index contributed by atoms with van der Waals surface area (Å²) in [4.78, 5) is 0. The van der Waals surface area contributed by atoms with Crippen molar-refractivity contribution in [1.82, 2.24) is 0 Å². The van der Waals surface area contributed by atoms with Crippen LogP contribution in [0.5, 0.6) is 0 Å². The van der Waals surface area contributed by atoms with Gasteiger partial charge in [0, 0.05) is 0 Å². The van der Waals surface area contributed by atoms with Gasteiger partial charge in [0.15, 0.2) is 0 Å². The average Bonchev–Trinajstić information content (AvgIpc) is 2.18. The van der Waals surface area contributed by atoms with Crippen molar-refractivity contribution < 1.29 is 5.11 Å². The van der Waals surface area contributed by atoms with Gasteiger partial charge < -0.3 is 10.8 Å². The van der Waals surface area contributed by atoms with Gasteiger partial charge in [-0.25, -0.2) is 0 Å². The molecule has 1 rings (SSSR count). The van der Waals surface area contributed by atoms with Crippen molar-refractivity contribution in [1.29, 1.82) is 0 Å². The summed E-state index contributed by atoms with van der Waals surface area (Å²) in [6.07, 6.45) is 2.26. The number of aryl methyl sites for hydroxylation is 1. The zero-order chi connectivity index (χ0) is 9.68. The lowest BCUT2D eigenvalue weighted by molar-refractivity contribution is 0.268. The number of hydrogen-bond donors (Lipinski definition) is 2. The first-order valence-corrected chi connectivity index (χ1v) is 4.73. The minimum atomic E-state index is -0.240. The number of benzene rings is 1. The molecule has 3 N–H and O–H groups in total. The molecule has 0 bridgehead atoms. The second-order valence-electron chi connectivity index (χ2n) is 3.28. The molecule has 1 aromatic carbocycles. The van der Waals surface area contributed by atoms with Gasteiger partial charge in [0.25, 0.3) is 0 Å². The molecule has 0 aliphatic carbocycles. The minimum absolute atomic E-state index is 0. The van der Waals surface area contributed by atoms with Gasteiger partial charge in [-0.3, -0.25) is 0 Å². The Balaban J connectivity index is 0.00000169. The molecular weight excluding hydrogens is 198 g/mol. The predicted octanol–water partition coefficient (Wildman–Crippen LogP) is 2.05. The summed E-state index contributed by atoms with van der Waals surface area (Å²) in [5.74, 6) is 0. The number of rotatable bonds is 4. The standard InChI is InChI=1S/C11H17NO.ClH/c1-2-3-9-4-6-10(7-5-9)11(12)8-13;/h4-7,11,13H,2-3,8,12H2,1H3;1H/t11-;/m1./s1. The Kier molecular flexibility index (Phi) is 6.54. The average molecular weight is 216 g/mol. The molecule has 2 nitrogen and oxygen atoms in total. The molecule has 0 saturated carbocycles. The van der Waals surface area contributed by atoms with Crippen LogP contribution in [-0.4, -0.2) is 11.7 Å². The fourth-order valence-electron chi connectivity index (χ4n) is 1.33. The molecular formula is C11H18ClNO. The second-order valence-corrected chi connectivity index (χ2v) is 3.28. The van der Waals surface area contributed by atoms with E-state index in [2.05, 4.69) is 19.1 Å². The lowest BCUT2D eigenvalue weighted by atomic mass is 10.0. The molecule has 0 unspecified atom stereocenters. The Hall–Kier alpha value is -0.570. The smallest absolute Gasteiger partial charge is 0.0624 e. The second kappa shape index (κ2) is 6.82. The molecule has 0 amide bonds. The minimum Gasteiger partial charge on any atom is -0.394 e. The van der Waals surface area contributed by atoms with Gasteiger partial charge in [0.2, 0.25) is 0 Å². The lowest BCUT2D eigenvalue weighted by Crippen LogP contribution is -2.14. The van der Waals surface area contributed by atoms with Crippen LogP contribution >= 0.6 is 12.4 Å². The summed E-state index contributed by atoms with van der Waals surface area (Å²) in [7, 11) is 0. The van der Waals surface area contributed by atoms with E-state index in [4.69, 9.17) is 10.8 Å². The van der Waals surface area contributed by atoms with Crippen molar-refractivity contribution in [3.05, 3.63) is 35.4 Å². The third kappa shape index (κ3) is 3.66. The highest BCUT2D eigenvalue weighted by Crippen LogP contribution is 2.11. The fraction of sp³-hybridized carbons (Fsp3) is 0.455. The van der Waals surface area contributed by atoms with Crippen molar-refractivity contribution in [3.63, 3.8) is 0 Å². The van der Waals surface area contributed by atoms with Crippen LogP contribution in [0.4, 0.5) is 0 Å². The van der Waals surface area contributed by atoms with Crippen LogP contribution in [0, 0.1) is 0 Å². The molecule has 3 heteroatoms. The van der Waals surface area contributed by atoms with Crippen LogP contribution < -0.4 is 5.73 Å². The molecule has 0 aliphatic heterocycles. The largest absolute Gasteiger partial charge is 0.394 e. The van der Waals surface area contributed by atoms with E-state index in [-0.39, 0.29) is 25.1 Å². The molecule has 0 radical (unpaired) electrons. The number of nitrogens with two attached hydrogens (primary N) is 1. The van der Waals surface area contributed by atoms with E-state index in [1.54, 1.807) is 0 Å². The quantitative estimate of drug-likeness (QED) is 0.808. The number of aliphatic hydroxyl groups is 1. The van der Waals surface area contributed by atoms with Crippen LogP contribution in [0.15, 0.2) is 24.3 Å². The van der Waals surface area contributed by atoms with Crippen LogP contribution in [-0.2, 0) is 6.42 Å². The molecule has 0 aliphatic rings. The normalized spacial score (nSPS) is 11.9. The molecule has 14 heavy (non-hydrogen) atoms. The van der Waals surface area contributed by atoms with E-state index >= 15 is 0 Å². The van der Waals surface area contributed by atoms with E-state index in [0.717, 1.165) is 18.4 Å². The lowest BCUT2D eigenvalue weighted by Gasteiger charge is -2.08. The molecule has 0 heterocycles. The zero-order valence-corrected chi connectivity index (χ0v) is 9.26. The highest BCUT2D eigenvalue weighted by Gasteiger charge is 2.02. The Morgan fingerprint density at radius 1 is 1.29 bits per heavy atom. The summed E-state index contributed by atoms with van der Waals surface area (Å²) in [5.41, 5.74) is 8.00. The summed E-state index contributed by atoms with van der Waals surface area (Å²) in [6.45, 7) is 2.17. The molecule has 80 valence electrons. The summed E-state index contributed by atoms with van der Waals surface area (Å²) >= 11 is 0. The summed E-state index contributed by atoms with van der Waals surface area (Å²) < 4.78 is 0. The fourth-order valence-corrected chi connectivity index (χ4v) is 1.33. The van der Waals surface area contributed by atoms with Crippen LogP contribution in [0.3, 0.4) is 0 Å². The van der Waals surface area contributed by atoms with E-state index in [1.165, 1.54) is 5.56 Å². The SMILES string of the molecule is CCCc1ccc([C@H](N)CO)cc1.Cl. The van der Waals surface area contributed by atoms with Gasteiger partial charge >= 0.3 is 0 Å². The highest BCUT2D eigenvalue weighted by molar-refractivity contribution is 5.85. The number of halogens is 1. The molecule has 0 aromatic heterocycles. The first-order chi connectivity index (χ1) is 6.27. The first-order valence-electron chi connectivity index (χ1n) is 4.73. The third-order valence-corrected chi connectivity index (χ3v) is 2.14. The molecule has 0 saturated heterocycles. The van der Waals surface area contributed by atoms with Gasteiger partial charge in [0.1, 0.15) is 0 Å². The van der Waals surface area contributed by atoms with E-state index in [0.29, 0.717) is 0 Å². The van der Waals surface area contributed by atoms with Crippen molar-refractivity contribution in [2.45, 2.75) is 25.8 Å². The van der Waals surface area contributed by atoms with Crippen molar-refractivity contribution in [2.75, 3.05) is 6.61 Å². The Morgan fingerprint density at radius 2 is 1.86 bits per heavy atom. The van der Waals surface area contributed by atoms with Gasteiger partial charge in [0.05, 0.1) is 12.6 Å². The Labute approximate surface area is 91.5 Å². The molecule has 0 fully saturated rings. The Bertz CT molecular complexity index is 248. The molecule has 0 spiro atoms. The maximum Gasteiger partial charge on any atom is 0.0624 e. The van der Waals surface area contributed by atoms with E-state index in [9.17, 15) is 0 Å². The van der Waals surface area contributed by atoms with Gasteiger partial charge in [-0.05, 0) is 17.5 Å². The maximum atomic E-state index is 8.84. The highest BCUT2D eigenvalue weighted by atomic mass is 35.5. The van der Waals surface area contributed by atoms with Gasteiger partial charge in [-0.1, -0.05) is 37.6 Å². The van der Waals surface area contributed by atoms with E-state index < -0.39 is 0 Å². The topological polar surface area (TPSA) is 46.2 Å². The monoisotopic (exact) mass is 215 g/mol. The van der Waals surface area contributed by atoms with Crippen molar-refractivity contribution >= 4 is 12.4 Å². The van der Waals surface area contributed by atoms with Gasteiger partial charge in [-0.2, -0.15) is 0 Å². The van der Waals surface area contributed by atoms with Crippen LogP contribution in [0.2, 0.25) is 0 Å². The molecule has 1 aromatic rings. The van der Waals surface area contributed by atoms with Crippen LogP contribution in [0.1, 0.15) is 30.5 Å². The van der Waals surface area contributed by atoms with Crippen molar-refractivity contribution in [3.8, 4) is 0 Å². The van der Waals surface area contributed by atoms with Crippen molar-refractivity contribution in [2.24, 2.45) is 5.73 Å². The van der Waals surface area contributed by atoms with Gasteiger partial charge in [-0.15, -0.1) is 12.4 Å². The Morgan fingerprint density at radius 3 is 2.29 bits per heavy atom. The first kappa shape index (κ1) is 13.4. The summed E-state index contributed by atoms with van der Waals surface area (Å²) in [6, 6.07) is 7.90. The predicted molar refractivity (Wildman–Crippen MR) is 61.7 cm³/mol. The van der Waals surface area contributed by atoms with E-state index in [1.807, 2.05) is 12.1 Å². The van der Waals surface area contributed by atoms with Crippen LogP contribution in [0.25, 0.3) is 0 Å².